The number of benzene rings is 2. The average molecular weight is 420 g/mol. The summed E-state index contributed by atoms with van der Waals surface area (Å²) in [5.74, 6) is -2.30. The molecule has 0 fully saturated rings. The number of hydrogen-bond acceptors (Lipinski definition) is 5. The number of rotatable bonds is 4. The van der Waals surface area contributed by atoms with Gasteiger partial charge in [0.15, 0.2) is 12.4 Å². The number of aliphatic imine (C=N–C) groups is 1. The molecule has 2 aromatic carbocycles. The summed E-state index contributed by atoms with van der Waals surface area (Å²) in [6, 6.07) is 6.42. The van der Waals surface area contributed by atoms with Crippen molar-refractivity contribution in [3.63, 3.8) is 0 Å². The molecule has 0 unspecified atom stereocenters. The maximum Gasteiger partial charge on any atom is 0.414 e. The van der Waals surface area contributed by atoms with Gasteiger partial charge in [0.25, 0.3) is 6.43 Å². The Kier molecular flexibility index (Phi) is 4.94. The number of nitrogens with zero attached hydrogens (tertiary/aromatic N) is 2. The Hall–Kier alpha value is -3.76. The third-order valence-corrected chi connectivity index (χ3v) is 4.32. The predicted molar refractivity (Wildman–Crippen MR) is 98.3 cm³/mol. The van der Waals surface area contributed by atoms with E-state index in [9.17, 15) is 27.2 Å². The lowest BCUT2D eigenvalue weighted by molar-refractivity contribution is 0.0547. The van der Waals surface area contributed by atoms with E-state index in [1.165, 1.54) is 12.1 Å². The van der Waals surface area contributed by atoms with E-state index in [-0.39, 0.29) is 29.3 Å². The molecule has 11 heteroatoms. The first-order chi connectivity index (χ1) is 14.3. The zero-order valence-electron chi connectivity index (χ0n) is 15.0. The summed E-state index contributed by atoms with van der Waals surface area (Å²) in [5.41, 5.74) is 0.706. The topological polar surface area (TPSA) is 96.4 Å². The first-order valence-corrected chi connectivity index (χ1v) is 8.61. The molecule has 154 valence electrons. The van der Waals surface area contributed by atoms with Crippen LogP contribution in [0.3, 0.4) is 0 Å². The summed E-state index contributed by atoms with van der Waals surface area (Å²) < 4.78 is 57.0. The Labute approximate surface area is 165 Å². The molecule has 2 heterocycles. The van der Waals surface area contributed by atoms with Crippen LogP contribution in [-0.4, -0.2) is 47.1 Å². The van der Waals surface area contributed by atoms with Gasteiger partial charge in [0.05, 0.1) is 22.3 Å². The van der Waals surface area contributed by atoms with Gasteiger partial charge in [0.2, 0.25) is 5.95 Å². The minimum atomic E-state index is -2.80. The number of nitrogens with one attached hydrogen (secondary N) is 2. The molecule has 7 nitrogen and oxygen atoms in total. The molecular formula is C19H12F4N4O3. The molecule has 1 aromatic heterocycles. The van der Waals surface area contributed by atoms with Gasteiger partial charge in [-0.3, -0.25) is 15.1 Å². The van der Waals surface area contributed by atoms with Crippen LogP contribution in [0.15, 0.2) is 35.3 Å². The first kappa shape index (κ1) is 19.6. The fourth-order valence-corrected chi connectivity index (χ4v) is 3.09. The van der Waals surface area contributed by atoms with Crippen molar-refractivity contribution in [3.05, 3.63) is 58.7 Å². The molecule has 1 aliphatic heterocycles. The smallest absolute Gasteiger partial charge is 0.414 e. The Morgan fingerprint density at radius 1 is 1.17 bits per heavy atom. The van der Waals surface area contributed by atoms with Gasteiger partial charge in [0.1, 0.15) is 18.2 Å². The van der Waals surface area contributed by atoms with Gasteiger partial charge in [-0.25, -0.2) is 27.3 Å². The van der Waals surface area contributed by atoms with Gasteiger partial charge in [-0.05, 0) is 24.3 Å². The van der Waals surface area contributed by atoms with Crippen LogP contribution in [0, 0.1) is 11.6 Å². The van der Waals surface area contributed by atoms with E-state index in [0.29, 0.717) is 16.6 Å². The van der Waals surface area contributed by atoms with E-state index in [1.807, 2.05) is 0 Å². The molecule has 1 aliphatic rings. The zero-order chi connectivity index (χ0) is 21.4. The number of hydrogen-bond donors (Lipinski definition) is 2. The SMILES string of the molecule is O=C(Nc1nc2ccc(C3=NCC(=O)c4c(F)ccc(F)c43)cc2[nH]1)OCC(F)F. The normalized spacial score (nSPS) is 13.4. The largest absolute Gasteiger partial charge is 0.443 e. The molecule has 4 rings (SSSR count). The van der Waals surface area contributed by atoms with Crippen LogP contribution in [0.1, 0.15) is 21.5 Å². The molecule has 0 saturated heterocycles. The summed E-state index contributed by atoms with van der Waals surface area (Å²) >= 11 is 0. The van der Waals surface area contributed by atoms with Crippen molar-refractivity contribution in [2.24, 2.45) is 4.99 Å². The number of alkyl halides is 2. The van der Waals surface area contributed by atoms with Gasteiger partial charge in [-0.1, -0.05) is 6.07 Å². The minimum Gasteiger partial charge on any atom is -0.443 e. The van der Waals surface area contributed by atoms with E-state index in [0.717, 1.165) is 12.1 Å². The molecular weight excluding hydrogens is 408 g/mol. The Bertz CT molecular complexity index is 1210. The summed E-state index contributed by atoms with van der Waals surface area (Å²) in [5, 5.41) is 2.18. The van der Waals surface area contributed by atoms with Crippen LogP contribution in [-0.2, 0) is 4.74 Å². The van der Waals surface area contributed by atoms with Crippen LogP contribution in [0.25, 0.3) is 11.0 Å². The summed E-state index contributed by atoms with van der Waals surface area (Å²) in [6.07, 6.45) is -3.92. The summed E-state index contributed by atoms with van der Waals surface area (Å²) in [7, 11) is 0. The Morgan fingerprint density at radius 3 is 2.63 bits per heavy atom. The number of carbonyl (C=O) groups excluding carboxylic acids is 2. The number of Topliss-reactive ketones (excluding diaryl/α,β-unsaturated/α-hetero) is 1. The van der Waals surface area contributed by atoms with Crippen molar-refractivity contribution in [2.75, 3.05) is 18.5 Å². The second kappa shape index (κ2) is 7.58. The quantitative estimate of drug-likeness (QED) is 0.630. The van der Waals surface area contributed by atoms with E-state index in [4.69, 9.17) is 0 Å². The highest BCUT2D eigenvalue weighted by atomic mass is 19.3. The van der Waals surface area contributed by atoms with Crippen molar-refractivity contribution in [1.82, 2.24) is 9.97 Å². The van der Waals surface area contributed by atoms with Gasteiger partial charge in [-0.15, -0.1) is 0 Å². The number of aromatic nitrogens is 2. The van der Waals surface area contributed by atoms with Crippen LogP contribution >= 0.6 is 0 Å². The number of halogens is 4. The number of anilines is 1. The highest BCUT2D eigenvalue weighted by Gasteiger charge is 2.28. The van der Waals surface area contributed by atoms with Gasteiger partial charge < -0.3 is 9.72 Å². The predicted octanol–water partition coefficient (Wildman–Crippen LogP) is 3.69. The van der Waals surface area contributed by atoms with Crippen LogP contribution in [0.4, 0.5) is 28.3 Å². The lowest BCUT2D eigenvalue weighted by Crippen LogP contribution is -2.23. The van der Waals surface area contributed by atoms with Crippen LogP contribution in [0.2, 0.25) is 0 Å². The lowest BCUT2D eigenvalue weighted by Gasteiger charge is -2.17. The van der Waals surface area contributed by atoms with E-state index in [1.54, 1.807) is 6.07 Å². The average Bonchev–Trinajstić information content (AvgIpc) is 3.10. The van der Waals surface area contributed by atoms with Crippen LogP contribution in [0.5, 0.6) is 0 Å². The molecule has 2 N–H and O–H groups in total. The Balaban J connectivity index is 1.66. The van der Waals surface area contributed by atoms with Crippen molar-refractivity contribution in [2.45, 2.75) is 6.43 Å². The molecule has 0 atom stereocenters. The standard InChI is InChI=1S/C19H12F4N4O3/c20-9-2-3-10(21)16-15(9)13(28)6-24-17(16)8-1-4-11-12(5-8)26-18(25-11)27-19(29)30-7-14(22)23/h1-5,14H,6-7H2,(H2,25,26,27,29). The van der Waals surface area contributed by atoms with Crippen molar-refractivity contribution < 1.29 is 31.9 Å². The monoisotopic (exact) mass is 420 g/mol. The number of amides is 1. The molecule has 0 radical (unpaired) electrons. The molecule has 1 amide bonds. The van der Waals surface area contributed by atoms with Crippen molar-refractivity contribution in [1.29, 1.82) is 0 Å². The number of carbonyl (C=O) groups is 2. The Morgan fingerprint density at radius 2 is 1.90 bits per heavy atom. The molecule has 3 aromatic rings. The van der Waals surface area contributed by atoms with Crippen molar-refractivity contribution >= 4 is 34.6 Å². The van der Waals surface area contributed by atoms with Gasteiger partial charge in [-0.2, -0.15) is 0 Å². The molecule has 0 spiro atoms. The third kappa shape index (κ3) is 3.61. The van der Waals surface area contributed by atoms with E-state index < -0.39 is 36.5 Å². The van der Waals surface area contributed by atoms with Gasteiger partial charge >= 0.3 is 6.09 Å². The van der Waals surface area contributed by atoms with Crippen LogP contribution < -0.4 is 5.32 Å². The van der Waals surface area contributed by atoms with Crippen molar-refractivity contribution in [3.8, 4) is 0 Å². The number of ether oxygens (including phenoxy) is 1. The molecule has 30 heavy (non-hydrogen) atoms. The minimum absolute atomic E-state index is 0.0557. The number of aromatic amines is 1. The lowest BCUT2D eigenvalue weighted by atomic mass is 9.91. The fourth-order valence-electron chi connectivity index (χ4n) is 3.09. The fraction of sp³-hybridized carbons (Fsp3) is 0.158. The first-order valence-electron chi connectivity index (χ1n) is 8.61. The van der Waals surface area contributed by atoms with Gasteiger partial charge in [0, 0.05) is 11.1 Å². The number of H-pyrrole nitrogens is 1. The number of fused-ring (bicyclic) bond motifs is 2. The maximum atomic E-state index is 14.4. The summed E-state index contributed by atoms with van der Waals surface area (Å²) in [4.78, 5) is 34.4. The molecule has 0 aliphatic carbocycles. The highest BCUT2D eigenvalue weighted by molar-refractivity contribution is 6.22. The zero-order valence-corrected chi connectivity index (χ0v) is 15.0. The number of imidazole rings is 1. The van der Waals surface area contributed by atoms with E-state index in [2.05, 4.69) is 25.0 Å². The summed E-state index contributed by atoms with van der Waals surface area (Å²) in [6.45, 7) is -1.39. The number of ketones is 1. The highest BCUT2D eigenvalue weighted by Crippen LogP contribution is 2.27. The molecule has 0 bridgehead atoms. The maximum absolute atomic E-state index is 14.4. The second-order valence-corrected chi connectivity index (χ2v) is 6.30. The third-order valence-electron chi connectivity index (χ3n) is 4.32. The van der Waals surface area contributed by atoms with E-state index >= 15 is 0 Å². The second-order valence-electron chi connectivity index (χ2n) is 6.30. The molecule has 0 saturated carbocycles.